The van der Waals surface area contributed by atoms with E-state index in [1.165, 1.54) is 24.0 Å². The van der Waals surface area contributed by atoms with Gasteiger partial charge >= 0.3 is 0 Å². The Labute approximate surface area is 122 Å². The first-order valence-electron chi connectivity index (χ1n) is 5.89. The zero-order chi connectivity index (χ0) is 15.6. The molecule has 0 fully saturated rings. The molecule has 21 heavy (non-hydrogen) atoms. The van der Waals surface area contributed by atoms with E-state index in [0.717, 1.165) is 10.6 Å². The molecular formula is C12H11ClF2N4O2. The summed E-state index contributed by atoms with van der Waals surface area (Å²) in [5.74, 6) is -1.66. The van der Waals surface area contributed by atoms with Crippen LogP contribution in [0.15, 0.2) is 23.1 Å². The van der Waals surface area contributed by atoms with Crippen molar-refractivity contribution in [1.82, 2.24) is 14.3 Å². The van der Waals surface area contributed by atoms with Crippen molar-refractivity contribution in [3.05, 3.63) is 45.3 Å². The molecule has 0 saturated heterocycles. The molecule has 0 saturated carbocycles. The molecule has 0 radical (unpaired) electrons. The highest BCUT2D eigenvalue weighted by Gasteiger charge is 2.14. The fourth-order valence-electron chi connectivity index (χ4n) is 1.76. The number of alkyl halides is 1. The minimum Gasteiger partial charge on any atom is -0.319 e. The van der Waals surface area contributed by atoms with Gasteiger partial charge < -0.3 is 9.88 Å². The highest BCUT2D eigenvalue weighted by molar-refractivity contribution is 6.29. The van der Waals surface area contributed by atoms with Crippen LogP contribution in [0.3, 0.4) is 0 Å². The van der Waals surface area contributed by atoms with Gasteiger partial charge in [-0.25, -0.2) is 8.78 Å². The van der Waals surface area contributed by atoms with Crippen molar-refractivity contribution in [3.8, 4) is 0 Å². The maximum Gasteiger partial charge on any atom is 0.286 e. The molecule has 0 aliphatic carbocycles. The molecule has 2 aromatic heterocycles. The fourth-order valence-corrected chi connectivity index (χ4v) is 1.98. The Bertz CT molecular complexity index is 741. The molecular weight excluding hydrogens is 306 g/mol. The van der Waals surface area contributed by atoms with E-state index in [-0.39, 0.29) is 23.1 Å². The number of carbonyl (C=O) groups excluding carboxylic acids is 1. The van der Waals surface area contributed by atoms with Crippen molar-refractivity contribution in [1.29, 1.82) is 0 Å². The van der Waals surface area contributed by atoms with Crippen LogP contribution >= 0.6 is 11.6 Å². The summed E-state index contributed by atoms with van der Waals surface area (Å²) in [6, 6.07) is 2.21. The van der Waals surface area contributed by atoms with Gasteiger partial charge in [-0.2, -0.15) is 5.10 Å². The number of nitrogens with one attached hydrogen (secondary N) is 1. The topological polar surface area (TPSA) is 68.9 Å². The van der Waals surface area contributed by atoms with E-state index in [1.54, 1.807) is 0 Å². The molecule has 112 valence electrons. The predicted molar refractivity (Wildman–Crippen MR) is 72.8 cm³/mol. The average Bonchev–Trinajstić information content (AvgIpc) is 2.75. The summed E-state index contributed by atoms with van der Waals surface area (Å²) in [6.45, 7) is -1.12. The molecule has 0 atom stereocenters. The van der Waals surface area contributed by atoms with Crippen LogP contribution in [-0.4, -0.2) is 26.9 Å². The molecule has 2 heterocycles. The molecule has 0 aliphatic heterocycles. The van der Waals surface area contributed by atoms with Crippen molar-refractivity contribution in [2.45, 2.75) is 6.54 Å². The first-order valence-corrected chi connectivity index (χ1v) is 6.27. The summed E-state index contributed by atoms with van der Waals surface area (Å²) in [7, 11) is 1.52. The third-order valence-corrected chi connectivity index (χ3v) is 2.89. The van der Waals surface area contributed by atoms with Crippen LogP contribution in [0.4, 0.5) is 14.5 Å². The average molecular weight is 317 g/mol. The van der Waals surface area contributed by atoms with Crippen LogP contribution in [0.25, 0.3) is 0 Å². The minimum atomic E-state index is -1.08. The molecule has 2 aromatic rings. The Morgan fingerprint density at radius 3 is 2.76 bits per heavy atom. The number of aromatic nitrogens is 3. The largest absolute Gasteiger partial charge is 0.319 e. The Balaban J connectivity index is 2.29. The molecule has 6 nitrogen and oxygen atoms in total. The number of anilines is 1. The number of pyridine rings is 1. The summed E-state index contributed by atoms with van der Waals surface area (Å²) >= 11 is 5.67. The Morgan fingerprint density at radius 1 is 1.48 bits per heavy atom. The molecule has 0 unspecified atom stereocenters. The number of halogens is 3. The van der Waals surface area contributed by atoms with E-state index in [0.29, 0.717) is 0 Å². The monoisotopic (exact) mass is 316 g/mol. The van der Waals surface area contributed by atoms with Crippen LogP contribution in [0.1, 0.15) is 10.5 Å². The summed E-state index contributed by atoms with van der Waals surface area (Å²) < 4.78 is 27.9. The van der Waals surface area contributed by atoms with Gasteiger partial charge in [0, 0.05) is 25.4 Å². The molecule has 9 heteroatoms. The zero-order valence-corrected chi connectivity index (χ0v) is 11.7. The van der Waals surface area contributed by atoms with E-state index in [9.17, 15) is 18.4 Å². The van der Waals surface area contributed by atoms with E-state index in [4.69, 9.17) is 11.6 Å². The summed E-state index contributed by atoms with van der Waals surface area (Å²) in [6.07, 6.45) is 1.17. The fraction of sp³-hybridized carbons (Fsp3) is 0.250. The van der Waals surface area contributed by atoms with Gasteiger partial charge in [-0.05, 0) is 0 Å². The maximum atomic E-state index is 13.5. The Morgan fingerprint density at radius 2 is 2.19 bits per heavy atom. The minimum absolute atomic E-state index is 0.0304. The van der Waals surface area contributed by atoms with E-state index in [1.807, 2.05) is 0 Å². The second-order valence-electron chi connectivity index (χ2n) is 4.19. The molecule has 1 amide bonds. The first-order chi connectivity index (χ1) is 9.92. The molecule has 0 bridgehead atoms. The van der Waals surface area contributed by atoms with Crippen molar-refractivity contribution in [3.63, 3.8) is 0 Å². The van der Waals surface area contributed by atoms with E-state index < -0.39 is 24.0 Å². The Kier molecular flexibility index (Phi) is 4.37. The summed E-state index contributed by atoms with van der Waals surface area (Å²) in [5.41, 5.74) is -0.763. The van der Waals surface area contributed by atoms with Crippen LogP contribution in [0.2, 0.25) is 5.15 Å². The van der Waals surface area contributed by atoms with Crippen molar-refractivity contribution >= 4 is 23.2 Å². The van der Waals surface area contributed by atoms with Gasteiger partial charge in [-0.15, -0.1) is 0 Å². The van der Waals surface area contributed by atoms with E-state index >= 15 is 0 Å². The Hall–Kier alpha value is -2.22. The SMILES string of the molecule is Cn1nc(Cl)cc1C(=O)Nc1cc(F)c(=O)n(CCF)c1. The van der Waals surface area contributed by atoms with Gasteiger partial charge in [-0.3, -0.25) is 14.3 Å². The zero-order valence-electron chi connectivity index (χ0n) is 10.9. The predicted octanol–water partition coefficient (Wildman–Crippen LogP) is 1.60. The second kappa shape index (κ2) is 6.04. The van der Waals surface area contributed by atoms with Gasteiger partial charge in [-0.1, -0.05) is 11.6 Å². The highest BCUT2D eigenvalue weighted by Crippen LogP contribution is 2.12. The highest BCUT2D eigenvalue weighted by atomic mass is 35.5. The smallest absolute Gasteiger partial charge is 0.286 e. The number of rotatable bonds is 4. The van der Waals surface area contributed by atoms with Gasteiger partial charge in [0.25, 0.3) is 11.5 Å². The lowest BCUT2D eigenvalue weighted by Crippen LogP contribution is -2.25. The van der Waals surface area contributed by atoms with E-state index in [2.05, 4.69) is 10.4 Å². The molecule has 0 aliphatic rings. The lowest BCUT2D eigenvalue weighted by Gasteiger charge is -2.09. The summed E-state index contributed by atoms with van der Waals surface area (Å²) in [5, 5.41) is 6.33. The number of carbonyl (C=O) groups is 1. The normalized spacial score (nSPS) is 10.7. The quantitative estimate of drug-likeness (QED) is 0.931. The van der Waals surface area contributed by atoms with Crippen molar-refractivity contribution < 1.29 is 13.6 Å². The van der Waals surface area contributed by atoms with Crippen LogP contribution in [-0.2, 0) is 13.6 Å². The number of nitrogens with zero attached hydrogens (tertiary/aromatic N) is 3. The molecule has 0 spiro atoms. The standard InChI is InChI=1S/C12H11ClF2N4O2/c1-18-9(5-10(13)17-18)11(20)16-7-4-8(15)12(21)19(6-7)3-2-14/h4-6H,2-3H2,1H3,(H,16,20). The second-order valence-corrected chi connectivity index (χ2v) is 4.58. The van der Waals surface area contributed by atoms with Gasteiger partial charge in [0.2, 0.25) is 0 Å². The van der Waals surface area contributed by atoms with Gasteiger partial charge in [0.1, 0.15) is 12.4 Å². The first kappa shape index (κ1) is 15.2. The van der Waals surface area contributed by atoms with Gasteiger partial charge in [0.15, 0.2) is 11.0 Å². The van der Waals surface area contributed by atoms with Crippen LogP contribution < -0.4 is 10.9 Å². The summed E-state index contributed by atoms with van der Waals surface area (Å²) in [4.78, 5) is 23.4. The van der Waals surface area contributed by atoms with Crippen molar-refractivity contribution in [2.24, 2.45) is 7.05 Å². The van der Waals surface area contributed by atoms with Gasteiger partial charge in [0.05, 0.1) is 12.2 Å². The molecule has 0 aromatic carbocycles. The lowest BCUT2D eigenvalue weighted by molar-refractivity contribution is 0.101. The van der Waals surface area contributed by atoms with Crippen molar-refractivity contribution in [2.75, 3.05) is 12.0 Å². The van der Waals surface area contributed by atoms with Crippen LogP contribution in [0.5, 0.6) is 0 Å². The maximum absolute atomic E-state index is 13.5. The molecule has 2 rings (SSSR count). The third kappa shape index (κ3) is 3.27. The number of amides is 1. The number of hydrogen-bond donors (Lipinski definition) is 1. The molecule has 1 N–H and O–H groups in total. The number of hydrogen-bond acceptors (Lipinski definition) is 3. The number of aryl methyl sites for hydroxylation is 2. The van der Waals surface area contributed by atoms with Crippen LogP contribution in [0, 0.1) is 5.82 Å². The third-order valence-electron chi connectivity index (χ3n) is 2.71. The lowest BCUT2D eigenvalue weighted by atomic mass is 10.3.